The van der Waals surface area contributed by atoms with Crippen LogP contribution >= 0.6 is 0 Å². The summed E-state index contributed by atoms with van der Waals surface area (Å²) >= 11 is 0. The Morgan fingerprint density at radius 2 is 1.79 bits per heavy atom. The Hall–Kier alpha value is -2.34. The van der Waals surface area contributed by atoms with E-state index in [4.69, 9.17) is 0 Å². The third kappa shape index (κ3) is 4.47. The van der Waals surface area contributed by atoms with Gasteiger partial charge in [-0.25, -0.2) is 12.8 Å². The van der Waals surface area contributed by atoms with Gasteiger partial charge in [0.15, 0.2) is 0 Å². The molecule has 3 heterocycles. The maximum absolute atomic E-state index is 13.7. The van der Waals surface area contributed by atoms with Crippen LogP contribution in [0.15, 0.2) is 47.7 Å². The van der Waals surface area contributed by atoms with E-state index >= 15 is 0 Å². The number of alkyl halides is 1. The molecular formula is C21H25FN4O2S. The molecule has 3 aliphatic heterocycles. The van der Waals surface area contributed by atoms with Gasteiger partial charge in [-0.3, -0.25) is 4.90 Å². The monoisotopic (exact) mass is 416 g/mol. The molecule has 154 valence electrons. The summed E-state index contributed by atoms with van der Waals surface area (Å²) in [7, 11) is -1.22. The summed E-state index contributed by atoms with van der Waals surface area (Å²) in [5.41, 5.74) is 3.68. The molecule has 0 bridgehead atoms. The van der Waals surface area contributed by atoms with Gasteiger partial charge in [-0.1, -0.05) is 5.92 Å². The Morgan fingerprint density at radius 3 is 2.45 bits per heavy atom. The lowest BCUT2D eigenvalue weighted by Crippen LogP contribution is -2.48. The van der Waals surface area contributed by atoms with E-state index in [1.165, 1.54) is 10.6 Å². The zero-order valence-corrected chi connectivity index (χ0v) is 17.4. The summed E-state index contributed by atoms with van der Waals surface area (Å²) < 4.78 is 38.4. The molecule has 1 fully saturated rings. The zero-order valence-electron chi connectivity index (χ0n) is 16.6. The van der Waals surface area contributed by atoms with Crippen LogP contribution in [-0.2, 0) is 10.0 Å². The largest absolute Gasteiger partial charge is 0.369 e. The molecule has 8 heteroatoms. The molecule has 0 radical (unpaired) electrons. The van der Waals surface area contributed by atoms with Gasteiger partial charge in [0, 0.05) is 44.0 Å². The SMILES string of the molecule is CN1CC(F)C=C2C=C(C#Cc3ccc(N4CCN(S(C)(=O)=O)CC4)cc3)NC21. The number of piperazine rings is 1. The minimum Gasteiger partial charge on any atom is -0.369 e. The number of likely N-dealkylation sites (N-methyl/N-ethyl adjacent to an activating group) is 1. The van der Waals surface area contributed by atoms with E-state index in [9.17, 15) is 12.8 Å². The van der Waals surface area contributed by atoms with Crippen LogP contribution in [0.3, 0.4) is 0 Å². The average Bonchev–Trinajstić information content (AvgIpc) is 3.09. The fourth-order valence-electron chi connectivity index (χ4n) is 3.91. The highest BCUT2D eigenvalue weighted by Gasteiger charge is 2.30. The molecule has 2 unspecified atom stereocenters. The second-order valence-corrected chi connectivity index (χ2v) is 9.66. The number of nitrogens with zero attached hydrogens (tertiary/aromatic N) is 3. The molecule has 0 saturated carbocycles. The van der Waals surface area contributed by atoms with Gasteiger partial charge in [-0.05, 0) is 55.0 Å². The van der Waals surface area contributed by atoms with Crippen molar-refractivity contribution in [1.82, 2.24) is 14.5 Å². The van der Waals surface area contributed by atoms with E-state index in [0.717, 1.165) is 22.5 Å². The zero-order chi connectivity index (χ0) is 20.6. The number of hydrogen-bond acceptors (Lipinski definition) is 5. The van der Waals surface area contributed by atoms with E-state index in [0.29, 0.717) is 32.7 Å². The number of rotatable bonds is 2. The average molecular weight is 417 g/mol. The summed E-state index contributed by atoms with van der Waals surface area (Å²) in [6, 6.07) is 7.97. The highest BCUT2D eigenvalue weighted by atomic mass is 32.2. The van der Waals surface area contributed by atoms with Crippen molar-refractivity contribution in [1.29, 1.82) is 0 Å². The van der Waals surface area contributed by atoms with Gasteiger partial charge in [0.1, 0.15) is 12.3 Å². The molecule has 2 atom stereocenters. The molecule has 1 aromatic carbocycles. The first-order valence-electron chi connectivity index (χ1n) is 9.66. The summed E-state index contributed by atoms with van der Waals surface area (Å²) in [6.45, 7) is 2.75. The van der Waals surface area contributed by atoms with Crippen molar-refractivity contribution < 1.29 is 12.8 Å². The van der Waals surface area contributed by atoms with Gasteiger partial charge >= 0.3 is 0 Å². The van der Waals surface area contributed by atoms with Crippen molar-refractivity contribution in [3.8, 4) is 11.8 Å². The van der Waals surface area contributed by atoms with Crippen molar-refractivity contribution in [2.45, 2.75) is 12.3 Å². The van der Waals surface area contributed by atoms with Crippen LogP contribution < -0.4 is 10.2 Å². The van der Waals surface area contributed by atoms with E-state index in [2.05, 4.69) is 22.1 Å². The van der Waals surface area contributed by atoms with Gasteiger partial charge in [-0.15, -0.1) is 0 Å². The lowest BCUT2D eigenvalue weighted by molar-refractivity contribution is 0.189. The Morgan fingerprint density at radius 1 is 1.10 bits per heavy atom. The number of fused-ring (bicyclic) bond motifs is 1. The fourth-order valence-corrected chi connectivity index (χ4v) is 4.74. The van der Waals surface area contributed by atoms with Gasteiger partial charge in [-0.2, -0.15) is 4.31 Å². The molecular weight excluding hydrogens is 391 g/mol. The van der Waals surface area contributed by atoms with Crippen molar-refractivity contribution in [3.63, 3.8) is 0 Å². The third-order valence-corrected chi connectivity index (χ3v) is 6.78. The molecule has 0 aliphatic carbocycles. The molecule has 0 amide bonds. The van der Waals surface area contributed by atoms with E-state index < -0.39 is 16.2 Å². The molecule has 1 aromatic rings. The second kappa shape index (κ2) is 7.82. The summed E-state index contributed by atoms with van der Waals surface area (Å²) in [5, 5.41) is 3.33. The molecule has 0 aromatic heterocycles. The van der Waals surface area contributed by atoms with Gasteiger partial charge in [0.05, 0.1) is 12.0 Å². The Kier molecular flexibility index (Phi) is 5.38. The molecule has 6 nitrogen and oxygen atoms in total. The number of benzene rings is 1. The number of halogens is 1. The minimum absolute atomic E-state index is 0.000668. The third-order valence-electron chi connectivity index (χ3n) is 5.48. The van der Waals surface area contributed by atoms with Crippen LogP contribution in [0.4, 0.5) is 10.1 Å². The maximum Gasteiger partial charge on any atom is 0.211 e. The number of allylic oxidation sites excluding steroid dienone is 1. The molecule has 1 saturated heterocycles. The lowest BCUT2D eigenvalue weighted by Gasteiger charge is -2.34. The molecule has 4 rings (SSSR count). The van der Waals surface area contributed by atoms with Gasteiger partial charge in [0.25, 0.3) is 0 Å². The molecule has 3 aliphatic rings. The number of anilines is 1. The molecule has 29 heavy (non-hydrogen) atoms. The topological polar surface area (TPSA) is 55.9 Å². The van der Waals surface area contributed by atoms with Crippen LogP contribution in [0, 0.1) is 11.8 Å². The number of nitrogens with one attached hydrogen (secondary N) is 1. The van der Waals surface area contributed by atoms with Crippen molar-refractivity contribution >= 4 is 15.7 Å². The highest BCUT2D eigenvalue weighted by molar-refractivity contribution is 7.88. The maximum atomic E-state index is 13.7. The van der Waals surface area contributed by atoms with Gasteiger partial charge in [0.2, 0.25) is 10.0 Å². The Balaban J connectivity index is 1.39. The van der Waals surface area contributed by atoms with Crippen LogP contribution in [0.1, 0.15) is 5.56 Å². The van der Waals surface area contributed by atoms with Crippen molar-refractivity contribution in [2.24, 2.45) is 0 Å². The first kappa shape index (κ1) is 20.0. The molecule has 1 N–H and O–H groups in total. The van der Waals surface area contributed by atoms with Crippen molar-refractivity contribution in [2.75, 3.05) is 50.9 Å². The quantitative estimate of drug-likeness (QED) is 0.733. The standard InChI is InChI=1S/C21H25FN4O2S/c1-24-15-18(22)13-17-14-19(23-21(17)24)6-3-16-4-7-20(8-5-16)25-9-11-26(12-10-25)29(2,27)28/h4-5,7-8,13-14,18,21,23H,9-12,15H2,1-2H3. The Labute approximate surface area is 171 Å². The van der Waals surface area contributed by atoms with E-state index in [-0.39, 0.29) is 6.17 Å². The first-order chi connectivity index (χ1) is 13.8. The van der Waals surface area contributed by atoms with Crippen LogP contribution in [0.2, 0.25) is 0 Å². The van der Waals surface area contributed by atoms with Crippen LogP contribution in [-0.4, -0.2) is 76.0 Å². The first-order valence-corrected chi connectivity index (χ1v) is 11.5. The van der Waals surface area contributed by atoms with Crippen LogP contribution in [0.25, 0.3) is 0 Å². The summed E-state index contributed by atoms with van der Waals surface area (Å²) in [6.07, 6.45) is 3.88. The fraction of sp³-hybridized carbons (Fsp3) is 0.429. The van der Waals surface area contributed by atoms with Crippen LogP contribution in [0.5, 0.6) is 0 Å². The van der Waals surface area contributed by atoms with Gasteiger partial charge < -0.3 is 10.2 Å². The smallest absolute Gasteiger partial charge is 0.211 e. The highest BCUT2D eigenvalue weighted by Crippen LogP contribution is 2.24. The predicted molar refractivity (Wildman–Crippen MR) is 113 cm³/mol. The summed E-state index contributed by atoms with van der Waals surface area (Å²) in [5.74, 6) is 6.29. The predicted octanol–water partition coefficient (Wildman–Crippen LogP) is 1.14. The van der Waals surface area contributed by atoms with E-state index in [1.54, 1.807) is 6.08 Å². The number of hydrogen-bond donors (Lipinski definition) is 1. The number of sulfonamides is 1. The molecule has 0 spiro atoms. The minimum atomic E-state index is -3.12. The normalized spacial score (nSPS) is 25.4. The van der Waals surface area contributed by atoms with Crippen molar-refractivity contribution in [3.05, 3.63) is 53.3 Å². The second-order valence-electron chi connectivity index (χ2n) is 7.67. The Bertz CT molecular complexity index is 999. The lowest BCUT2D eigenvalue weighted by atomic mass is 10.1. The summed E-state index contributed by atoms with van der Waals surface area (Å²) in [4.78, 5) is 4.13. The van der Waals surface area contributed by atoms with E-state index in [1.807, 2.05) is 42.3 Å².